The third kappa shape index (κ3) is 6.27. The fraction of sp³-hybridized carbons (Fsp3) is 0.361. The molecule has 0 saturated carbocycles. The van der Waals surface area contributed by atoms with Crippen LogP contribution in [0, 0.1) is 5.92 Å². The van der Waals surface area contributed by atoms with E-state index in [1.807, 2.05) is 96.5 Å². The largest absolute Gasteiger partial charge is 0.361 e. The van der Waals surface area contributed by atoms with Crippen molar-refractivity contribution < 1.29 is 9.59 Å². The van der Waals surface area contributed by atoms with Crippen molar-refractivity contribution >= 4 is 51.2 Å². The number of piperidine rings is 1. The molecule has 3 amide bonds. The Labute approximate surface area is 278 Å². The van der Waals surface area contributed by atoms with E-state index in [9.17, 15) is 14.4 Å². The van der Waals surface area contributed by atoms with Gasteiger partial charge in [0.1, 0.15) is 6.04 Å². The lowest BCUT2D eigenvalue weighted by Crippen LogP contribution is -2.56. The van der Waals surface area contributed by atoms with Gasteiger partial charge in [0.15, 0.2) is 0 Å². The van der Waals surface area contributed by atoms with Gasteiger partial charge in [-0.2, -0.15) is 0 Å². The molecule has 2 unspecified atom stereocenters. The SMILES string of the molecule is CN(C)CC1Cc2cc(Cl)ccc2N(C(=O)C(Cc2c[nH]c3ccccc23)NC(=O)N2CCC(n3c(=O)[nH]c4ccccc43)CC2)C1. The number of halogens is 1. The normalized spacial score (nSPS) is 17.7. The topological polar surface area (TPSA) is 109 Å². The van der Waals surface area contributed by atoms with Gasteiger partial charge in [-0.3, -0.25) is 9.36 Å². The first-order chi connectivity index (χ1) is 22.7. The molecule has 0 spiro atoms. The van der Waals surface area contributed by atoms with Crippen LogP contribution in [0.3, 0.4) is 0 Å². The lowest BCUT2D eigenvalue weighted by molar-refractivity contribution is -0.120. The molecule has 244 valence electrons. The van der Waals surface area contributed by atoms with Crippen LogP contribution in [0.2, 0.25) is 5.02 Å². The third-order valence-corrected chi connectivity index (χ3v) is 9.84. The van der Waals surface area contributed by atoms with Crippen molar-refractivity contribution in [3.63, 3.8) is 0 Å². The van der Waals surface area contributed by atoms with E-state index >= 15 is 0 Å². The molecule has 3 N–H and O–H groups in total. The van der Waals surface area contributed by atoms with Gasteiger partial charge in [0.25, 0.3) is 0 Å². The van der Waals surface area contributed by atoms with E-state index in [1.54, 1.807) is 4.90 Å². The summed E-state index contributed by atoms with van der Waals surface area (Å²) in [6.45, 7) is 2.33. The maximum absolute atomic E-state index is 14.6. The molecule has 47 heavy (non-hydrogen) atoms. The van der Waals surface area contributed by atoms with E-state index in [-0.39, 0.29) is 29.6 Å². The van der Waals surface area contributed by atoms with Gasteiger partial charge in [-0.05, 0) is 86.8 Å². The minimum Gasteiger partial charge on any atom is -0.361 e. The van der Waals surface area contributed by atoms with Crippen molar-refractivity contribution in [2.24, 2.45) is 5.92 Å². The number of nitrogens with one attached hydrogen (secondary N) is 3. The second-order valence-electron chi connectivity index (χ2n) is 13.2. The molecule has 0 bridgehead atoms. The Balaban J connectivity index is 1.14. The number of aromatic nitrogens is 3. The van der Waals surface area contributed by atoms with Crippen LogP contribution in [-0.2, 0) is 17.6 Å². The molecule has 11 heteroatoms. The number of anilines is 1. The van der Waals surface area contributed by atoms with Crippen LogP contribution in [0.5, 0.6) is 0 Å². The second-order valence-corrected chi connectivity index (χ2v) is 13.6. The fourth-order valence-corrected chi connectivity index (χ4v) is 7.67. The smallest absolute Gasteiger partial charge is 0.326 e. The highest BCUT2D eigenvalue weighted by Crippen LogP contribution is 2.33. The van der Waals surface area contributed by atoms with Gasteiger partial charge >= 0.3 is 11.7 Å². The van der Waals surface area contributed by atoms with Crippen molar-refractivity contribution in [3.05, 3.63) is 99.6 Å². The zero-order chi connectivity index (χ0) is 32.7. The Bertz CT molecular complexity index is 1990. The number of rotatable bonds is 7. The van der Waals surface area contributed by atoms with Crippen molar-refractivity contribution in [2.45, 2.75) is 37.8 Å². The molecular weight excluding hydrogens is 614 g/mol. The highest BCUT2D eigenvalue weighted by molar-refractivity contribution is 6.30. The van der Waals surface area contributed by atoms with E-state index in [2.05, 4.69) is 20.2 Å². The van der Waals surface area contributed by atoms with Crippen molar-refractivity contribution in [3.8, 4) is 0 Å². The number of urea groups is 1. The van der Waals surface area contributed by atoms with E-state index in [4.69, 9.17) is 11.6 Å². The number of likely N-dealkylation sites (tertiary alicyclic amines) is 1. The molecule has 7 rings (SSSR count). The molecular formula is C36H40ClN7O3. The highest BCUT2D eigenvalue weighted by Gasteiger charge is 2.35. The van der Waals surface area contributed by atoms with Gasteiger partial charge in [0.05, 0.1) is 11.0 Å². The van der Waals surface area contributed by atoms with E-state index in [1.165, 1.54) is 0 Å². The van der Waals surface area contributed by atoms with Gasteiger partial charge in [0.2, 0.25) is 5.91 Å². The summed E-state index contributed by atoms with van der Waals surface area (Å²) in [5, 5.41) is 4.82. The third-order valence-electron chi connectivity index (χ3n) is 9.61. The first kappa shape index (κ1) is 31.1. The zero-order valence-corrected chi connectivity index (χ0v) is 27.5. The first-order valence-corrected chi connectivity index (χ1v) is 16.7. The van der Waals surface area contributed by atoms with Gasteiger partial charge in [0, 0.05) is 66.5 Å². The summed E-state index contributed by atoms with van der Waals surface area (Å²) < 4.78 is 1.82. The number of carbonyl (C=O) groups excluding carboxylic acids is 2. The Hall–Kier alpha value is -4.54. The maximum atomic E-state index is 14.6. The molecule has 2 aliphatic heterocycles. The average Bonchev–Trinajstić information content (AvgIpc) is 3.63. The lowest BCUT2D eigenvalue weighted by Gasteiger charge is -2.38. The Morgan fingerprint density at radius 2 is 1.77 bits per heavy atom. The van der Waals surface area contributed by atoms with Crippen molar-refractivity contribution in [2.75, 3.05) is 45.2 Å². The molecule has 10 nitrogen and oxygen atoms in total. The molecule has 1 saturated heterocycles. The number of carbonyl (C=O) groups is 2. The summed E-state index contributed by atoms with van der Waals surface area (Å²) >= 11 is 6.40. The van der Waals surface area contributed by atoms with Crippen LogP contribution in [0.1, 0.15) is 30.0 Å². The van der Waals surface area contributed by atoms with Crippen LogP contribution < -0.4 is 15.9 Å². The molecule has 3 aromatic carbocycles. The van der Waals surface area contributed by atoms with Crippen molar-refractivity contribution in [1.29, 1.82) is 0 Å². The van der Waals surface area contributed by atoms with Crippen LogP contribution >= 0.6 is 11.6 Å². The quantitative estimate of drug-likeness (QED) is 0.225. The molecule has 0 radical (unpaired) electrons. The zero-order valence-electron chi connectivity index (χ0n) is 26.7. The lowest BCUT2D eigenvalue weighted by atomic mass is 9.91. The van der Waals surface area contributed by atoms with Crippen LogP contribution in [0.15, 0.2) is 77.7 Å². The number of nitrogens with zero attached hydrogens (tertiary/aromatic N) is 4. The van der Waals surface area contributed by atoms with Gasteiger partial charge in [-0.15, -0.1) is 0 Å². The van der Waals surface area contributed by atoms with Crippen LogP contribution in [-0.4, -0.2) is 82.6 Å². The summed E-state index contributed by atoms with van der Waals surface area (Å²) in [6, 6.07) is 20.3. The molecule has 2 atom stereocenters. The molecule has 4 heterocycles. The summed E-state index contributed by atoms with van der Waals surface area (Å²) in [5.41, 5.74) is 5.39. The number of fused-ring (bicyclic) bond motifs is 3. The number of para-hydroxylation sites is 3. The maximum Gasteiger partial charge on any atom is 0.326 e. The number of imidazole rings is 1. The fourth-order valence-electron chi connectivity index (χ4n) is 7.47. The summed E-state index contributed by atoms with van der Waals surface area (Å²) in [4.78, 5) is 53.4. The summed E-state index contributed by atoms with van der Waals surface area (Å²) in [7, 11) is 4.08. The van der Waals surface area contributed by atoms with Gasteiger partial charge in [-0.1, -0.05) is 41.9 Å². The minimum atomic E-state index is -0.794. The second kappa shape index (κ2) is 12.9. The number of amides is 3. The molecule has 2 aliphatic rings. The van der Waals surface area contributed by atoms with E-state index in [0.717, 1.165) is 51.7 Å². The van der Waals surface area contributed by atoms with Crippen LogP contribution in [0.4, 0.5) is 10.5 Å². The van der Waals surface area contributed by atoms with Crippen LogP contribution in [0.25, 0.3) is 21.9 Å². The Kier molecular flexibility index (Phi) is 8.55. The number of H-pyrrole nitrogens is 2. The number of aromatic amines is 2. The standard InChI is InChI=1S/C36H40ClN7O3/c1-41(2)21-23-17-24-18-26(37)11-12-32(24)43(22-23)34(45)31(19-25-20-38-29-8-4-3-7-28(25)29)40-35(46)42-15-13-27(14-16-42)44-33-10-6-5-9-30(33)39-36(44)47/h3-12,18,20,23,27,31,38H,13-17,19,21-22H2,1-2H3,(H,39,47)(H,40,46). The van der Waals surface area contributed by atoms with Crippen molar-refractivity contribution in [1.82, 2.24) is 29.7 Å². The molecule has 2 aromatic heterocycles. The first-order valence-electron chi connectivity index (χ1n) is 16.3. The van der Waals surface area contributed by atoms with E-state index < -0.39 is 6.04 Å². The summed E-state index contributed by atoms with van der Waals surface area (Å²) in [5.74, 6) is 0.0761. The number of hydrogen-bond acceptors (Lipinski definition) is 4. The molecule has 1 fully saturated rings. The molecule has 0 aliphatic carbocycles. The molecule has 5 aromatic rings. The summed E-state index contributed by atoms with van der Waals surface area (Å²) in [6.07, 6.45) is 4.38. The monoisotopic (exact) mass is 653 g/mol. The average molecular weight is 654 g/mol. The number of hydrogen-bond donors (Lipinski definition) is 3. The Morgan fingerprint density at radius 1 is 1.02 bits per heavy atom. The Morgan fingerprint density at radius 3 is 2.55 bits per heavy atom. The minimum absolute atomic E-state index is 0.0170. The predicted octanol–water partition coefficient (Wildman–Crippen LogP) is 5.19. The predicted molar refractivity (Wildman–Crippen MR) is 186 cm³/mol. The highest BCUT2D eigenvalue weighted by atomic mass is 35.5. The number of benzene rings is 3. The van der Waals surface area contributed by atoms with E-state index in [0.29, 0.717) is 43.9 Å². The van der Waals surface area contributed by atoms with Gasteiger partial charge in [-0.25, -0.2) is 9.59 Å². The van der Waals surface area contributed by atoms with Gasteiger partial charge < -0.3 is 30.0 Å².